The quantitative estimate of drug-likeness (QED) is 0.665. The molecule has 0 radical (unpaired) electrons. The van der Waals surface area contributed by atoms with Gasteiger partial charge in [-0.05, 0) is 41.1 Å². The average molecular weight is 319 g/mol. The highest BCUT2D eigenvalue weighted by molar-refractivity contribution is 9.10. The lowest BCUT2D eigenvalue weighted by atomic mass is 10.1. The fraction of sp³-hybridized carbons (Fsp3) is 0.0714. The lowest BCUT2D eigenvalue weighted by Gasteiger charge is -2.07. The van der Waals surface area contributed by atoms with Gasteiger partial charge in [-0.15, -0.1) is 11.3 Å². The van der Waals surface area contributed by atoms with E-state index < -0.39 is 0 Å². The summed E-state index contributed by atoms with van der Waals surface area (Å²) in [5, 5.41) is 1.10. The first-order valence-corrected chi connectivity index (χ1v) is 7.17. The number of hydrogen-bond acceptors (Lipinski definition) is 3. The molecule has 3 aromatic rings. The van der Waals surface area contributed by atoms with E-state index in [0.29, 0.717) is 0 Å². The van der Waals surface area contributed by atoms with E-state index in [4.69, 9.17) is 5.73 Å². The van der Waals surface area contributed by atoms with Gasteiger partial charge in [0.15, 0.2) is 0 Å². The van der Waals surface area contributed by atoms with Gasteiger partial charge in [-0.1, -0.05) is 12.1 Å². The Morgan fingerprint density at radius 3 is 2.83 bits per heavy atom. The number of nitrogen functional groups attached to an aromatic ring is 1. The van der Waals surface area contributed by atoms with Gasteiger partial charge in [0.1, 0.15) is 0 Å². The molecule has 4 heteroatoms. The molecular weight excluding hydrogens is 308 g/mol. The molecule has 2 N–H and O–H groups in total. The van der Waals surface area contributed by atoms with Crippen molar-refractivity contribution in [3.8, 4) is 10.4 Å². The first kappa shape index (κ1) is 11.7. The minimum atomic E-state index is 0.721. The molecule has 0 saturated heterocycles. The fourth-order valence-corrected chi connectivity index (χ4v) is 3.95. The number of thiophene rings is 1. The average Bonchev–Trinajstić information content (AvgIpc) is 2.69. The molecule has 0 atom stereocenters. The zero-order valence-corrected chi connectivity index (χ0v) is 12.2. The Morgan fingerprint density at radius 1 is 1.28 bits per heavy atom. The summed E-state index contributed by atoms with van der Waals surface area (Å²) in [5.74, 6) is 0. The topological polar surface area (TPSA) is 38.9 Å². The number of nitrogens with two attached hydrogens (primary N) is 1. The van der Waals surface area contributed by atoms with Gasteiger partial charge in [-0.3, -0.25) is 4.98 Å². The third-order valence-electron chi connectivity index (χ3n) is 2.86. The maximum absolute atomic E-state index is 5.98. The van der Waals surface area contributed by atoms with Gasteiger partial charge in [0.25, 0.3) is 0 Å². The summed E-state index contributed by atoms with van der Waals surface area (Å²) in [6.07, 6.45) is 1.77. The van der Waals surface area contributed by atoms with Crippen molar-refractivity contribution in [3.05, 3.63) is 45.9 Å². The summed E-state index contributed by atoms with van der Waals surface area (Å²) < 4.78 is 1.12. The normalized spacial score (nSPS) is 11.0. The first-order valence-electron chi connectivity index (χ1n) is 5.56. The molecule has 90 valence electrons. The highest BCUT2D eigenvalue weighted by Crippen LogP contribution is 2.40. The second kappa shape index (κ2) is 4.37. The smallest absolute Gasteiger partial charge is 0.0937 e. The van der Waals surface area contributed by atoms with Gasteiger partial charge < -0.3 is 5.73 Å². The molecule has 2 nitrogen and oxygen atoms in total. The molecule has 2 heterocycles. The van der Waals surface area contributed by atoms with E-state index in [-0.39, 0.29) is 0 Å². The zero-order chi connectivity index (χ0) is 12.7. The minimum absolute atomic E-state index is 0.721. The van der Waals surface area contributed by atoms with Crippen molar-refractivity contribution >= 4 is 43.9 Å². The van der Waals surface area contributed by atoms with Crippen LogP contribution >= 0.6 is 27.3 Å². The Labute approximate surface area is 118 Å². The number of aryl methyl sites for hydroxylation is 1. The summed E-state index contributed by atoms with van der Waals surface area (Å²) in [6, 6.07) is 10.1. The fourth-order valence-electron chi connectivity index (χ4n) is 2.06. The largest absolute Gasteiger partial charge is 0.397 e. The summed E-state index contributed by atoms with van der Waals surface area (Å²) in [7, 11) is 0. The molecule has 0 spiro atoms. The van der Waals surface area contributed by atoms with Crippen LogP contribution in [0, 0.1) is 6.92 Å². The van der Waals surface area contributed by atoms with Crippen molar-refractivity contribution in [3.63, 3.8) is 0 Å². The Hall–Kier alpha value is -1.39. The maximum Gasteiger partial charge on any atom is 0.0937 e. The van der Waals surface area contributed by atoms with E-state index in [1.807, 2.05) is 12.1 Å². The van der Waals surface area contributed by atoms with Crippen LogP contribution in [0.2, 0.25) is 0 Å². The molecule has 0 saturated carbocycles. The van der Waals surface area contributed by atoms with Gasteiger partial charge in [0.2, 0.25) is 0 Å². The van der Waals surface area contributed by atoms with Gasteiger partial charge >= 0.3 is 0 Å². The summed E-state index contributed by atoms with van der Waals surface area (Å²) >= 11 is 5.39. The van der Waals surface area contributed by atoms with Crippen molar-refractivity contribution in [1.29, 1.82) is 0 Å². The molecule has 0 aliphatic carbocycles. The van der Waals surface area contributed by atoms with Crippen molar-refractivity contribution in [2.75, 3.05) is 5.73 Å². The van der Waals surface area contributed by atoms with Crippen LogP contribution < -0.4 is 5.73 Å². The molecule has 0 unspecified atom stereocenters. The molecule has 1 aromatic carbocycles. The number of fused-ring (bicyclic) bond motifs is 1. The molecular formula is C14H11BrN2S. The summed E-state index contributed by atoms with van der Waals surface area (Å²) in [5.41, 5.74) is 8.74. The van der Waals surface area contributed by atoms with Crippen molar-refractivity contribution in [2.45, 2.75) is 6.92 Å². The van der Waals surface area contributed by atoms with Crippen LogP contribution in [0.1, 0.15) is 4.88 Å². The number of benzene rings is 1. The number of nitrogens with zero attached hydrogens (tertiary/aromatic N) is 1. The van der Waals surface area contributed by atoms with Crippen molar-refractivity contribution < 1.29 is 0 Å². The van der Waals surface area contributed by atoms with Crippen LogP contribution in [0.15, 0.2) is 41.0 Å². The minimum Gasteiger partial charge on any atom is -0.397 e. The lowest BCUT2D eigenvalue weighted by Crippen LogP contribution is -1.90. The third-order valence-corrected chi connectivity index (χ3v) is 4.83. The number of aromatic nitrogens is 1. The van der Waals surface area contributed by atoms with Crippen LogP contribution in [-0.4, -0.2) is 4.98 Å². The van der Waals surface area contributed by atoms with Crippen molar-refractivity contribution in [2.24, 2.45) is 0 Å². The van der Waals surface area contributed by atoms with Crippen LogP contribution in [0.3, 0.4) is 0 Å². The standard InChI is InChI=1S/C14H11BrN2S/c1-8-7-11(15)14(18-8)10-4-5-12(16)13-9(10)3-2-6-17-13/h2-7H,16H2,1H3. The zero-order valence-electron chi connectivity index (χ0n) is 9.77. The maximum atomic E-state index is 5.98. The molecule has 0 bridgehead atoms. The van der Waals surface area contributed by atoms with E-state index >= 15 is 0 Å². The summed E-state index contributed by atoms with van der Waals surface area (Å²) in [6.45, 7) is 2.11. The Bertz CT molecular complexity index is 734. The lowest BCUT2D eigenvalue weighted by molar-refractivity contribution is 1.41. The Morgan fingerprint density at radius 2 is 2.11 bits per heavy atom. The van der Waals surface area contributed by atoms with Gasteiger partial charge in [0.05, 0.1) is 11.2 Å². The molecule has 0 amide bonds. The van der Waals surface area contributed by atoms with E-state index in [1.165, 1.54) is 15.3 Å². The van der Waals surface area contributed by atoms with E-state index in [0.717, 1.165) is 21.1 Å². The highest BCUT2D eigenvalue weighted by atomic mass is 79.9. The molecule has 0 fully saturated rings. The van der Waals surface area contributed by atoms with Crippen LogP contribution in [0.25, 0.3) is 21.3 Å². The molecule has 0 aliphatic heterocycles. The monoisotopic (exact) mass is 318 g/mol. The van der Waals surface area contributed by atoms with Gasteiger partial charge in [-0.2, -0.15) is 0 Å². The molecule has 0 aliphatic rings. The number of halogens is 1. The van der Waals surface area contributed by atoms with Crippen LogP contribution in [-0.2, 0) is 0 Å². The second-order valence-electron chi connectivity index (χ2n) is 4.14. The molecule has 2 aromatic heterocycles. The van der Waals surface area contributed by atoms with Crippen LogP contribution in [0.4, 0.5) is 5.69 Å². The second-order valence-corrected chi connectivity index (χ2v) is 6.25. The number of rotatable bonds is 1. The molecule has 3 rings (SSSR count). The Kier molecular flexibility index (Phi) is 2.84. The summed E-state index contributed by atoms with van der Waals surface area (Å²) in [4.78, 5) is 6.88. The van der Waals surface area contributed by atoms with E-state index in [1.54, 1.807) is 17.5 Å². The number of anilines is 1. The third kappa shape index (κ3) is 1.82. The highest BCUT2D eigenvalue weighted by Gasteiger charge is 2.12. The Balaban J connectivity index is 2.37. The SMILES string of the molecule is Cc1cc(Br)c(-c2ccc(N)c3ncccc23)s1. The first-order chi connectivity index (χ1) is 8.66. The van der Waals surface area contributed by atoms with Crippen LogP contribution in [0.5, 0.6) is 0 Å². The van der Waals surface area contributed by atoms with Gasteiger partial charge in [-0.25, -0.2) is 0 Å². The van der Waals surface area contributed by atoms with Crippen molar-refractivity contribution in [1.82, 2.24) is 4.98 Å². The van der Waals surface area contributed by atoms with Gasteiger partial charge in [0, 0.05) is 31.4 Å². The number of pyridine rings is 1. The van der Waals surface area contributed by atoms with E-state index in [9.17, 15) is 0 Å². The number of hydrogen-bond donors (Lipinski definition) is 1. The predicted octanol–water partition coefficient (Wildman–Crippen LogP) is 4.62. The predicted molar refractivity (Wildman–Crippen MR) is 81.9 cm³/mol. The van der Waals surface area contributed by atoms with E-state index in [2.05, 4.69) is 46.0 Å². The molecule has 18 heavy (non-hydrogen) atoms.